The number of nitrogens with one attached hydrogen (secondary N) is 1. The second-order valence-corrected chi connectivity index (χ2v) is 5.94. The Bertz CT molecular complexity index is 543. The third-order valence-electron chi connectivity index (χ3n) is 3.97. The number of nitrogens with zero attached hydrogens (tertiary/aromatic N) is 3. The summed E-state index contributed by atoms with van der Waals surface area (Å²) >= 11 is 0. The molecule has 3 rings (SSSR count). The lowest BCUT2D eigenvalue weighted by molar-refractivity contribution is 0.325. The van der Waals surface area contributed by atoms with Gasteiger partial charge in [-0.2, -0.15) is 0 Å². The van der Waals surface area contributed by atoms with Crippen molar-refractivity contribution in [1.82, 2.24) is 15.0 Å². The van der Waals surface area contributed by atoms with Gasteiger partial charge in [-0.05, 0) is 30.7 Å². The maximum absolute atomic E-state index is 4.49. The van der Waals surface area contributed by atoms with Gasteiger partial charge in [-0.25, -0.2) is 9.97 Å². The predicted octanol–water partition coefficient (Wildman–Crippen LogP) is 2.97. The summed E-state index contributed by atoms with van der Waals surface area (Å²) in [5, 5.41) is 1.14. The van der Waals surface area contributed by atoms with Crippen molar-refractivity contribution in [1.29, 1.82) is 0 Å². The molecule has 0 unspecified atom stereocenters. The number of fused-ring (bicyclic) bond motifs is 1. The lowest BCUT2D eigenvalue weighted by Crippen LogP contribution is -2.26. The van der Waals surface area contributed by atoms with Crippen LogP contribution in [0, 0.1) is 5.41 Å². The predicted molar refractivity (Wildman–Crippen MR) is 73.7 cm³/mol. The van der Waals surface area contributed by atoms with Crippen LogP contribution in [0.5, 0.6) is 0 Å². The van der Waals surface area contributed by atoms with Crippen LogP contribution >= 0.6 is 0 Å². The fourth-order valence-electron chi connectivity index (χ4n) is 2.75. The minimum absolute atomic E-state index is 0.457. The molecule has 1 aliphatic rings. The molecule has 1 aliphatic heterocycles. The summed E-state index contributed by atoms with van der Waals surface area (Å²) in [6.45, 7) is 6.91. The van der Waals surface area contributed by atoms with Gasteiger partial charge < -0.3 is 9.88 Å². The van der Waals surface area contributed by atoms with Gasteiger partial charge in [0.2, 0.25) is 0 Å². The Morgan fingerprint density at radius 2 is 2.11 bits per heavy atom. The third kappa shape index (κ3) is 2.07. The molecule has 0 saturated carbocycles. The fraction of sp³-hybridized carbons (Fsp3) is 0.571. The van der Waals surface area contributed by atoms with Gasteiger partial charge in [-0.3, -0.25) is 0 Å². The zero-order chi connectivity index (χ0) is 12.6. The second kappa shape index (κ2) is 4.26. The van der Waals surface area contributed by atoms with Crippen molar-refractivity contribution in [3.05, 3.63) is 18.6 Å². The smallest absolute Gasteiger partial charge is 0.142 e. The van der Waals surface area contributed by atoms with Gasteiger partial charge in [0, 0.05) is 19.3 Å². The number of hydrogen-bond donors (Lipinski definition) is 1. The van der Waals surface area contributed by atoms with Crippen LogP contribution < -0.4 is 4.90 Å². The van der Waals surface area contributed by atoms with Crippen molar-refractivity contribution in [3.8, 4) is 0 Å². The average Bonchev–Trinajstić information content (AvgIpc) is 2.74. The molecule has 4 nitrogen and oxygen atoms in total. The Morgan fingerprint density at radius 1 is 1.22 bits per heavy atom. The molecule has 0 radical (unpaired) electrons. The summed E-state index contributed by atoms with van der Waals surface area (Å²) in [4.78, 5) is 14.3. The SMILES string of the molecule is CC1(C)CCCN(c2ncnc3[nH]ccc23)CC1. The maximum Gasteiger partial charge on any atom is 0.142 e. The van der Waals surface area contributed by atoms with Crippen molar-refractivity contribution in [2.24, 2.45) is 5.41 Å². The van der Waals surface area contributed by atoms with Crippen LogP contribution in [0.3, 0.4) is 0 Å². The molecule has 1 saturated heterocycles. The maximum atomic E-state index is 4.49. The molecule has 0 amide bonds. The first-order valence-electron chi connectivity index (χ1n) is 6.69. The molecule has 1 fully saturated rings. The summed E-state index contributed by atoms with van der Waals surface area (Å²) in [6, 6.07) is 2.07. The molecular formula is C14H20N4. The van der Waals surface area contributed by atoms with Crippen LogP contribution in [0.2, 0.25) is 0 Å². The van der Waals surface area contributed by atoms with E-state index in [0.29, 0.717) is 5.41 Å². The summed E-state index contributed by atoms with van der Waals surface area (Å²) in [6.07, 6.45) is 7.35. The van der Waals surface area contributed by atoms with E-state index in [-0.39, 0.29) is 0 Å². The normalized spacial score (nSPS) is 20.0. The van der Waals surface area contributed by atoms with Gasteiger partial charge in [0.1, 0.15) is 17.8 Å². The third-order valence-corrected chi connectivity index (χ3v) is 3.97. The molecular weight excluding hydrogens is 224 g/mol. The van der Waals surface area contributed by atoms with Gasteiger partial charge in [0.05, 0.1) is 5.39 Å². The number of hydrogen-bond acceptors (Lipinski definition) is 3. The molecule has 3 heterocycles. The highest BCUT2D eigenvalue weighted by Gasteiger charge is 2.24. The van der Waals surface area contributed by atoms with Crippen molar-refractivity contribution in [3.63, 3.8) is 0 Å². The molecule has 1 N–H and O–H groups in total. The second-order valence-electron chi connectivity index (χ2n) is 5.94. The van der Waals surface area contributed by atoms with E-state index in [1.54, 1.807) is 6.33 Å². The molecule has 2 aromatic rings. The van der Waals surface area contributed by atoms with Crippen LogP contribution in [-0.2, 0) is 0 Å². The average molecular weight is 244 g/mol. The van der Waals surface area contributed by atoms with E-state index < -0.39 is 0 Å². The Morgan fingerprint density at radius 3 is 3.00 bits per heavy atom. The van der Waals surface area contributed by atoms with Crippen LogP contribution in [0.25, 0.3) is 11.0 Å². The number of rotatable bonds is 1. The monoisotopic (exact) mass is 244 g/mol. The Kier molecular flexibility index (Phi) is 2.73. The van der Waals surface area contributed by atoms with E-state index in [1.165, 1.54) is 19.3 Å². The van der Waals surface area contributed by atoms with Gasteiger partial charge in [0.25, 0.3) is 0 Å². The number of aromatic amines is 1. The molecule has 0 aliphatic carbocycles. The van der Waals surface area contributed by atoms with Crippen LogP contribution in [0.1, 0.15) is 33.1 Å². The van der Waals surface area contributed by atoms with E-state index in [9.17, 15) is 0 Å². The largest absolute Gasteiger partial charge is 0.356 e. The molecule has 96 valence electrons. The number of aromatic nitrogens is 3. The van der Waals surface area contributed by atoms with Gasteiger partial charge in [-0.15, -0.1) is 0 Å². The standard InChI is InChI=1S/C14H20N4/c1-14(2)5-3-8-18(9-6-14)13-11-4-7-15-12(11)16-10-17-13/h4,7,10H,3,5-6,8-9H2,1-2H3,(H,15,16,17). The Hall–Kier alpha value is -1.58. The molecule has 0 bridgehead atoms. The first-order chi connectivity index (χ1) is 8.66. The zero-order valence-electron chi connectivity index (χ0n) is 11.1. The number of anilines is 1. The highest BCUT2D eigenvalue weighted by atomic mass is 15.2. The zero-order valence-corrected chi connectivity index (χ0v) is 11.1. The minimum Gasteiger partial charge on any atom is -0.356 e. The lowest BCUT2D eigenvalue weighted by atomic mass is 9.85. The first kappa shape index (κ1) is 11.5. The highest BCUT2D eigenvalue weighted by molar-refractivity contribution is 5.87. The van der Waals surface area contributed by atoms with Crippen LogP contribution in [0.4, 0.5) is 5.82 Å². The molecule has 4 heteroatoms. The molecule has 18 heavy (non-hydrogen) atoms. The quantitative estimate of drug-likeness (QED) is 0.838. The van der Waals surface area contributed by atoms with E-state index in [0.717, 1.165) is 29.9 Å². The summed E-state index contributed by atoms with van der Waals surface area (Å²) < 4.78 is 0. The van der Waals surface area contributed by atoms with E-state index in [2.05, 4.69) is 39.8 Å². The van der Waals surface area contributed by atoms with Gasteiger partial charge in [0.15, 0.2) is 0 Å². The van der Waals surface area contributed by atoms with Crippen molar-refractivity contribution in [2.75, 3.05) is 18.0 Å². The van der Waals surface area contributed by atoms with Crippen LogP contribution in [0.15, 0.2) is 18.6 Å². The minimum atomic E-state index is 0.457. The summed E-state index contributed by atoms with van der Waals surface area (Å²) in [5.41, 5.74) is 1.39. The Labute approximate surface area is 107 Å². The fourth-order valence-corrected chi connectivity index (χ4v) is 2.75. The first-order valence-corrected chi connectivity index (χ1v) is 6.69. The molecule has 2 aromatic heterocycles. The van der Waals surface area contributed by atoms with Crippen molar-refractivity contribution < 1.29 is 0 Å². The molecule has 0 aromatic carbocycles. The van der Waals surface area contributed by atoms with E-state index in [1.807, 2.05) is 6.20 Å². The van der Waals surface area contributed by atoms with E-state index in [4.69, 9.17) is 0 Å². The van der Waals surface area contributed by atoms with Gasteiger partial charge in [-0.1, -0.05) is 13.8 Å². The molecule has 0 atom stereocenters. The summed E-state index contributed by atoms with van der Waals surface area (Å²) in [7, 11) is 0. The van der Waals surface area contributed by atoms with Gasteiger partial charge >= 0.3 is 0 Å². The molecule has 0 spiro atoms. The van der Waals surface area contributed by atoms with Crippen LogP contribution in [-0.4, -0.2) is 28.0 Å². The highest BCUT2D eigenvalue weighted by Crippen LogP contribution is 2.32. The topological polar surface area (TPSA) is 44.8 Å². The van der Waals surface area contributed by atoms with Crippen molar-refractivity contribution >= 4 is 16.9 Å². The Balaban J connectivity index is 1.92. The lowest BCUT2D eigenvalue weighted by Gasteiger charge is -2.24. The van der Waals surface area contributed by atoms with Crippen molar-refractivity contribution in [2.45, 2.75) is 33.1 Å². The summed E-state index contributed by atoms with van der Waals surface area (Å²) in [5.74, 6) is 1.08. The van der Waals surface area contributed by atoms with E-state index >= 15 is 0 Å². The number of H-pyrrole nitrogens is 1.